The van der Waals surface area contributed by atoms with Crippen molar-refractivity contribution in [3.05, 3.63) is 0 Å². The molecule has 3 nitrogen and oxygen atoms in total. The van der Waals surface area contributed by atoms with Crippen LogP contribution in [0.15, 0.2) is 0 Å². The number of aliphatic hydroxyl groups is 1. The van der Waals surface area contributed by atoms with E-state index >= 15 is 0 Å². The minimum Gasteiger partial charge on any atom is -0.390 e. The van der Waals surface area contributed by atoms with E-state index < -0.39 is 0 Å². The van der Waals surface area contributed by atoms with E-state index in [9.17, 15) is 5.11 Å². The molecule has 3 atom stereocenters. The van der Waals surface area contributed by atoms with Crippen molar-refractivity contribution in [1.82, 2.24) is 0 Å². The van der Waals surface area contributed by atoms with Gasteiger partial charge in [-0.25, -0.2) is 0 Å². The first-order valence-electron chi connectivity index (χ1n) is 4.56. The molecule has 1 fully saturated rings. The van der Waals surface area contributed by atoms with Crippen LogP contribution in [0.4, 0.5) is 0 Å². The molecule has 0 bridgehead atoms. The molecule has 0 amide bonds. The highest BCUT2D eigenvalue weighted by atomic mass is 16.5. The van der Waals surface area contributed by atoms with Crippen molar-refractivity contribution >= 4 is 0 Å². The summed E-state index contributed by atoms with van der Waals surface area (Å²) in [5, 5.41) is 9.44. The fourth-order valence-corrected chi connectivity index (χ4v) is 1.64. The van der Waals surface area contributed by atoms with E-state index in [1.54, 1.807) is 7.11 Å². The summed E-state index contributed by atoms with van der Waals surface area (Å²) in [5.74, 6) is 0. The van der Waals surface area contributed by atoms with Crippen molar-refractivity contribution in [1.29, 1.82) is 0 Å². The maximum atomic E-state index is 9.44. The Morgan fingerprint density at radius 2 is 2.25 bits per heavy atom. The molecule has 0 aromatic rings. The van der Waals surface area contributed by atoms with E-state index in [0.29, 0.717) is 6.61 Å². The van der Waals surface area contributed by atoms with Crippen molar-refractivity contribution in [2.24, 2.45) is 0 Å². The van der Waals surface area contributed by atoms with Crippen molar-refractivity contribution in [3.63, 3.8) is 0 Å². The number of hydrogen-bond acceptors (Lipinski definition) is 3. The van der Waals surface area contributed by atoms with Crippen LogP contribution in [0.5, 0.6) is 0 Å². The quantitative estimate of drug-likeness (QED) is 0.689. The zero-order valence-electron chi connectivity index (χ0n) is 7.82. The van der Waals surface area contributed by atoms with Crippen LogP contribution in [-0.2, 0) is 9.47 Å². The van der Waals surface area contributed by atoms with Gasteiger partial charge >= 0.3 is 0 Å². The van der Waals surface area contributed by atoms with Crippen LogP contribution in [0.1, 0.15) is 26.2 Å². The lowest BCUT2D eigenvalue weighted by atomic mass is 10.2. The first-order chi connectivity index (χ1) is 5.74. The molecule has 0 saturated heterocycles. The van der Waals surface area contributed by atoms with Gasteiger partial charge in [0.15, 0.2) is 0 Å². The number of methoxy groups -OCH3 is 1. The summed E-state index contributed by atoms with van der Waals surface area (Å²) in [6, 6.07) is 0. The molecule has 12 heavy (non-hydrogen) atoms. The van der Waals surface area contributed by atoms with Gasteiger partial charge in [-0.15, -0.1) is 0 Å². The molecular weight excluding hydrogens is 156 g/mol. The van der Waals surface area contributed by atoms with Crippen LogP contribution in [0.2, 0.25) is 0 Å². The zero-order chi connectivity index (χ0) is 8.97. The summed E-state index contributed by atoms with van der Waals surface area (Å²) in [5.41, 5.74) is 0. The maximum absolute atomic E-state index is 9.44. The van der Waals surface area contributed by atoms with E-state index in [2.05, 4.69) is 0 Å². The molecule has 0 aromatic carbocycles. The van der Waals surface area contributed by atoms with Crippen molar-refractivity contribution < 1.29 is 14.6 Å². The van der Waals surface area contributed by atoms with Gasteiger partial charge in [0.05, 0.1) is 24.9 Å². The van der Waals surface area contributed by atoms with Crippen LogP contribution in [0.25, 0.3) is 0 Å². The minimum atomic E-state index is -0.260. The standard InChI is InChI=1S/C9H18O3/c1-7(6-11-2)12-9-5-3-4-8(9)10/h7-10H,3-6H2,1-2H3. The Hall–Kier alpha value is -0.120. The van der Waals surface area contributed by atoms with Gasteiger partial charge in [0.25, 0.3) is 0 Å². The summed E-state index contributed by atoms with van der Waals surface area (Å²) >= 11 is 0. The Kier molecular flexibility index (Phi) is 3.98. The summed E-state index contributed by atoms with van der Waals surface area (Å²) < 4.78 is 10.5. The number of hydrogen-bond donors (Lipinski definition) is 1. The Morgan fingerprint density at radius 1 is 1.50 bits per heavy atom. The van der Waals surface area contributed by atoms with Crippen molar-refractivity contribution in [2.75, 3.05) is 13.7 Å². The second kappa shape index (κ2) is 4.80. The summed E-state index contributed by atoms with van der Waals surface area (Å²) in [4.78, 5) is 0. The van der Waals surface area contributed by atoms with Crippen molar-refractivity contribution in [2.45, 2.75) is 44.5 Å². The number of ether oxygens (including phenoxy) is 2. The molecule has 3 unspecified atom stereocenters. The van der Waals surface area contributed by atoms with Crippen LogP contribution >= 0.6 is 0 Å². The molecule has 1 aliphatic carbocycles. The molecule has 0 heterocycles. The number of rotatable bonds is 4. The third kappa shape index (κ3) is 2.73. The van der Waals surface area contributed by atoms with Crippen LogP contribution < -0.4 is 0 Å². The monoisotopic (exact) mass is 174 g/mol. The molecule has 1 rings (SSSR count). The van der Waals surface area contributed by atoms with Gasteiger partial charge in [0.2, 0.25) is 0 Å². The fraction of sp³-hybridized carbons (Fsp3) is 1.00. The lowest BCUT2D eigenvalue weighted by Crippen LogP contribution is -2.29. The lowest BCUT2D eigenvalue weighted by Gasteiger charge is -2.20. The van der Waals surface area contributed by atoms with Gasteiger partial charge in [-0.1, -0.05) is 0 Å². The summed E-state index contributed by atoms with van der Waals surface area (Å²) in [6.07, 6.45) is 2.80. The molecule has 72 valence electrons. The Morgan fingerprint density at radius 3 is 2.75 bits per heavy atom. The van der Waals surface area contributed by atoms with Gasteiger partial charge in [0, 0.05) is 7.11 Å². The summed E-state index contributed by atoms with van der Waals surface area (Å²) in [7, 11) is 1.66. The normalized spacial score (nSPS) is 32.2. The predicted molar refractivity (Wildman–Crippen MR) is 46.1 cm³/mol. The second-order valence-corrected chi connectivity index (χ2v) is 3.44. The average molecular weight is 174 g/mol. The van der Waals surface area contributed by atoms with E-state index in [-0.39, 0.29) is 18.3 Å². The van der Waals surface area contributed by atoms with E-state index in [0.717, 1.165) is 19.3 Å². The van der Waals surface area contributed by atoms with Gasteiger partial charge in [-0.2, -0.15) is 0 Å². The Labute approximate surface area is 73.7 Å². The van der Waals surface area contributed by atoms with E-state index in [1.807, 2.05) is 6.92 Å². The molecule has 3 heteroatoms. The highest BCUT2D eigenvalue weighted by molar-refractivity contribution is 4.77. The lowest BCUT2D eigenvalue weighted by molar-refractivity contribution is -0.0765. The van der Waals surface area contributed by atoms with E-state index in [4.69, 9.17) is 9.47 Å². The highest BCUT2D eigenvalue weighted by Crippen LogP contribution is 2.22. The molecule has 0 aliphatic heterocycles. The molecule has 1 N–H and O–H groups in total. The van der Waals surface area contributed by atoms with Crippen LogP contribution in [0.3, 0.4) is 0 Å². The topological polar surface area (TPSA) is 38.7 Å². The zero-order valence-corrected chi connectivity index (χ0v) is 7.82. The van der Waals surface area contributed by atoms with Gasteiger partial charge in [-0.3, -0.25) is 0 Å². The fourth-order valence-electron chi connectivity index (χ4n) is 1.64. The third-order valence-electron chi connectivity index (χ3n) is 2.23. The predicted octanol–water partition coefficient (Wildman–Crippen LogP) is 0.951. The molecule has 1 saturated carbocycles. The van der Waals surface area contributed by atoms with Crippen LogP contribution in [-0.4, -0.2) is 37.1 Å². The molecular formula is C9H18O3. The molecule has 1 aliphatic rings. The second-order valence-electron chi connectivity index (χ2n) is 3.44. The summed E-state index contributed by atoms with van der Waals surface area (Å²) in [6.45, 7) is 2.57. The molecule has 0 spiro atoms. The Bertz CT molecular complexity index is 127. The SMILES string of the molecule is COCC(C)OC1CCCC1O. The number of aliphatic hydroxyl groups excluding tert-OH is 1. The van der Waals surface area contributed by atoms with Gasteiger partial charge < -0.3 is 14.6 Å². The van der Waals surface area contributed by atoms with E-state index in [1.165, 1.54) is 0 Å². The first-order valence-corrected chi connectivity index (χ1v) is 4.56. The maximum Gasteiger partial charge on any atom is 0.0838 e. The Balaban J connectivity index is 2.20. The van der Waals surface area contributed by atoms with Gasteiger partial charge in [-0.05, 0) is 26.2 Å². The first kappa shape index (κ1) is 9.96. The average Bonchev–Trinajstić information content (AvgIpc) is 2.37. The largest absolute Gasteiger partial charge is 0.390 e. The van der Waals surface area contributed by atoms with Crippen molar-refractivity contribution in [3.8, 4) is 0 Å². The molecule has 0 radical (unpaired) electrons. The highest BCUT2D eigenvalue weighted by Gasteiger charge is 2.27. The third-order valence-corrected chi connectivity index (χ3v) is 2.23. The minimum absolute atomic E-state index is 0.0372. The molecule has 0 aromatic heterocycles. The smallest absolute Gasteiger partial charge is 0.0838 e. The van der Waals surface area contributed by atoms with Gasteiger partial charge in [0.1, 0.15) is 0 Å². The van der Waals surface area contributed by atoms with Crippen LogP contribution in [0, 0.1) is 0 Å².